The third kappa shape index (κ3) is 3.51. The molecule has 0 unspecified atom stereocenters. The van der Waals surface area contributed by atoms with E-state index in [-0.39, 0.29) is 0 Å². The molecule has 2 nitrogen and oxygen atoms in total. The van der Waals surface area contributed by atoms with Gasteiger partial charge in [0, 0.05) is 28.9 Å². The van der Waals surface area contributed by atoms with E-state index in [0.29, 0.717) is 0 Å². The van der Waals surface area contributed by atoms with Crippen molar-refractivity contribution in [2.45, 2.75) is 36.4 Å². The first-order valence-electron chi connectivity index (χ1n) is 5.74. The molecule has 1 heterocycles. The average molecular weight is 267 g/mol. The Balaban J connectivity index is 2.07. The summed E-state index contributed by atoms with van der Waals surface area (Å²) in [6.07, 6.45) is 6.27. The number of imidazole rings is 1. The lowest BCUT2D eigenvalue weighted by Crippen LogP contribution is -1.97. The van der Waals surface area contributed by atoms with Gasteiger partial charge in [-0.15, -0.1) is 0 Å². The molecule has 0 N–H and O–H groups in total. The number of unbranched alkanes of at least 4 members (excludes halogenated alkanes) is 1. The van der Waals surface area contributed by atoms with E-state index in [1.807, 2.05) is 36.7 Å². The van der Waals surface area contributed by atoms with Crippen LogP contribution in [0, 0.1) is 0 Å². The highest BCUT2D eigenvalue weighted by Crippen LogP contribution is 2.27. The van der Waals surface area contributed by atoms with Crippen LogP contribution < -0.4 is 0 Å². The number of hydrogen-bond acceptors (Lipinski definition) is 2. The summed E-state index contributed by atoms with van der Waals surface area (Å²) >= 11 is 7.54. The van der Waals surface area contributed by atoms with Crippen LogP contribution in [-0.4, -0.2) is 9.55 Å². The van der Waals surface area contributed by atoms with Gasteiger partial charge in [-0.1, -0.05) is 36.7 Å². The van der Waals surface area contributed by atoms with Crippen LogP contribution in [0.4, 0.5) is 0 Å². The Morgan fingerprint density at radius 1 is 1.29 bits per heavy atom. The second kappa shape index (κ2) is 6.12. The first-order chi connectivity index (χ1) is 8.29. The van der Waals surface area contributed by atoms with E-state index in [9.17, 15) is 0 Å². The van der Waals surface area contributed by atoms with Gasteiger partial charge in [-0.3, -0.25) is 0 Å². The van der Waals surface area contributed by atoms with Gasteiger partial charge in [0.1, 0.15) is 0 Å². The van der Waals surface area contributed by atoms with Gasteiger partial charge >= 0.3 is 0 Å². The maximum absolute atomic E-state index is 5.86. The summed E-state index contributed by atoms with van der Waals surface area (Å²) < 4.78 is 2.20. The molecule has 0 saturated carbocycles. The minimum Gasteiger partial charge on any atom is -0.326 e. The van der Waals surface area contributed by atoms with Gasteiger partial charge in [0.15, 0.2) is 5.16 Å². The number of nitrogens with zero attached hydrogens (tertiary/aromatic N) is 2. The van der Waals surface area contributed by atoms with Crippen LogP contribution in [0.5, 0.6) is 0 Å². The molecule has 0 radical (unpaired) electrons. The second-order valence-corrected chi connectivity index (χ2v) is 5.29. The minimum absolute atomic E-state index is 0.767. The maximum atomic E-state index is 5.86. The van der Waals surface area contributed by atoms with Gasteiger partial charge in [0.25, 0.3) is 0 Å². The van der Waals surface area contributed by atoms with Crippen LogP contribution in [0.25, 0.3) is 0 Å². The van der Waals surface area contributed by atoms with E-state index in [1.54, 1.807) is 11.8 Å². The van der Waals surface area contributed by atoms with Gasteiger partial charge in [-0.25, -0.2) is 4.98 Å². The van der Waals surface area contributed by atoms with E-state index in [0.717, 1.165) is 16.7 Å². The molecule has 0 spiro atoms. The van der Waals surface area contributed by atoms with Crippen molar-refractivity contribution < 1.29 is 0 Å². The van der Waals surface area contributed by atoms with Crippen molar-refractivity contribution >= 4 is 23.4 Å². The Bertz CT molecular complexity index is 465. The minimum atomic E-state index is 0.767. The van der Waals surface area contributed by atoms with Crippen molar-refractivity contribution in [2.24, 2.45) is 0 Å². The molecule has 0 atom stereocenters. The summed E-state index contributed by atoms with van der Waals surface area (Å²) in [4.78, 5) is 5.54. The predicted octanol–water partition coefficient (Wildman–Crippen LogP) is 4.49. The van der Waals surface area contributed by atoms with Crippen molar-refractivity contribution in [1.82, 2.24) is 9.55 Å². The van der Waals surface area contributed by atoms with Crippen LogP contribution >= 0.6 is 23.4 Å². The normalized spacial score (nSPS) is 10.7. The molecule has 2 aromatic rings. The quantitative estimate of drug-likeness (QED) is 0.794. The van der Waals surface area contributed by atoms with Crippen molar-refractivity contribution in [3.8, 4) is 0 Å². The van der Waals surface area contributed by atoms with Crippen LogP contribution in [0.15, 0.2) is 46.7 Å². The smallest absolute Gasteiger partial charge is 0.172 e. The lowest BCUT2D eigenvalue weighted by Gasteiger charge is -2.06. The maximum Gasteiger partial charge on any atom is 0.172 e. The summed E-state index contributed by atoms with van der Waals surface area (Å²) in [6.45, 7) is 3.23. The number of benzene rings is 1. The van der Waals surface area contributed by atoms with Crippen molar-refractivity contribution in [2.75, 3.05) is 0 Å². The number of hydrogen-bond donors (Lipinski definition) is 0. The van der Waals surface area contributed by atoms with E-state index in [2.05, 4.69) is 16.5 Å². The number of halogens is 1. The monoisotopic (exact) mass is 266 g/mol. The van der Waals surface area contributed by atoms with Gasteiger partial charge in [0.2, 0.25) is 0 Å². The Morgan fingerprint density at radius 2 is 2.06 bits per heavy atom. The first-order valence-corrected chi connectivity index (χ1v) is 6.93. The molecule has 0 bridgehead atoms. The summed E-state index contributed by atoms with van der Waals surface area (Å²) in [6, 6.07) is 7.85. The zero-order chi connectivity index (χ0) is 12.1. The van der Waals surface area contributed by atoms with Crippen LogP contribution in [-0.2, 0) is 6.54 Å². The highest BCUT2D eigenvalue weighted by Gasteiger charge is 2.04. The van der Waals surface area contributed by atoms with E-state index in [4.69, 9.17) is 11.6 Å². The fourth-order valence-corrected chi connectivity index (χ4v) is 2.50. The third-order valence-corrected chi connectivity index (χ3v) is 3.73. The Morgan fingerprint density at radius 3 is 2.76 bits per heavy atom. The molecular formula is C13H15ClN2S. The van der Waals surface area contributed by atoms with Gasteiger partial charge in [0.05, 0.1) is 0 Å². The van der Waals surface area contributed by atoms with Crippen LogP contribution in [0.1, 0.15) is 19.8 Å². The molecule has 4 heteroatoms. The molecule has 0 amide bonds. The first kappa shape index (κ1) is 12.5. The molecule has 1 aromatic carbocycles. The van der Waals surface area contributed by atoms with E-state index < -0.39 is 0 Å². The van der Waals surface area contributed by atoms with Gasteiger partial charge in [-0.05, 0) is 30.7 Å². The van der Waals surface area contributed by atoms with Gasteiger partial charge in [-0.2, -0.15) is 0 Å². The Hall–Kier alpha value is -0.930. The summed E-state index contributed by atoms with van der Waals surface area (Å²) in [5, 5.41) is 1.81. The lowest BCUT2D eigenvalue weighted by molar-refractivity contribution is 0.587. The average Bonchev–Trinajstić information content (AvgIpc) is 2.77. The highest BCUT2D eigenvalue weighted by atomic mass is 35.5. The van der Waals surface area contributed by atoms with Crippen LogP contribution in [0.3, 0.4) is 0 Å². The molecule has 2 rings (SSSR count). The molecule has 90 valence electrons. The summed E-state index contributed by atoms with van der Waals surface area (Å²) in [5.41, 5.74) is 0. The largest absolute Gasteiger partial charge is 0.326 e. The Labute approximate surface area is 111 Å². The molecule has 0 aliphatic rings. The molecule has 0 saturated heterocycles. The number of rotatable bonds is 5. The van der Waals surface area contributed by atoms with E-state index >= 15 is 0 Å². The summed E-state index contributed by atoms with van der Waals surface area (Å²) in [5.74, 6) is 0. The van der Waals surface area contributed by atoms with Crippen molar-refractivity contribution in [3.63, 3.8) is 0 Å². The highest BCUT2D eigenvalue weighted by molar-refractivity contribution is 7.99. The number of aromatic nitrogens is 2. The standard InChI is InChI=1S/C13H15ClN2S/c1-2-3-9-16-10-8-15-13(16)17-12-6-4-11(14)5-7-12/h4-8,10H,2-3,9H2,1H3. The zero-order valence-electron chi connectivity index (χ0n) is 9.77. The lowest BCUT2D eigenvalue weighted by atomic mass is 10.3. The van der Waals surface area contributed by atoms with Crippen LogP contribution in [0.2, 0.25) is 5.02 Å². The third-order valence-electron chi connectivity index (χ3n) is 2.45. The van der Waals surface area contributed by atoms with Crippen molar-refractivity contribution in [1.29, 1.82) is 0 Å². The predicted molar refractivity (Wildman–Crippen MR) is 72.7 cm³/mol. The van der Waals surface area contributed by atoms with Crippen molar-refractivity contribution in [3.05, 3.63) is 41.7 Å². The number of aryl methyl sites for hydroxylation is 1. The molecule has 0 fully saturated rings. The molecule has 0 aliphatic carbocycles. The Kier molecular flexibility index (Phi) is 4.51. The molecule has 0 aliphatic heterocycles. The SMILES string of the molecule is CCCCn1ccnc1Sc1ccc(Cl)cc1. The molecular weight excluding hydrogens is 252 g/mol. The zero-order valence-corrected chi connectivity index (χ0v) is 11.3. The molecule has 17 heavy (non-hydrogen) atoms. The fraction of sp³-hybridized carbons (Fsp3) is 0.308. The second-order valence-electron chi connectivity index (χ2n) is 3.81. The van der Waals surface area contributed by atoms with Gasteiger partial charge < -0.3 is 4.57 Å². The summed E-state index contributed by atoms with van der Waals surface area (Å²) in [7, 11) is 0. The topological polar surface area (TPSA) is 17.8 Å². The molecule has 1 aromatic heterocycles. The fourth-order valence-electron chi connectivity index (χ4n) is 1.51. The van der Waals surface area contributed by atoms with E-state index in [1.165, 1.54) is 17.7 Å².